The molecule has 2 aromatic carbocycles. The van der Waals surface area contributed by atoms with Crippen LogP contribution in [0.1, 0.15) is 23.1 Å². The molecule has 0 atom stereocenters. The second-order valence-electron chi connectivity index (χ2n) is 5.56. The van der Waals surface area contributed by atoms with Crippen LogP contribution in [-0.2, 0) is 11.2 Å². The van der Waals surface area contributed by atoms with Gasteiger partial charge in [-0.15, -0.1) is 0 Å². The highest BCUT2D eigenvalue weighted by atomic mass is 16.5. The van der Waals surface area contributed by atoms with Crippen molar-refractivity contribution in [1.82, 2.24) is 0 Å². The fourth-order valence-electron chi connectivity index (χ4n) is 2.38. The van der Waals surface area contributed by atoms with Crippen LogP contribution in [0.4, 0.5) is 0 Å². The highest BCUT2D eigenvalue weighted by molar-refractivity contribution is 5.67. The summed E-state index contributed by atoms with van der Waals surface area (Å²) >= 11 is 0. The Morgan fingerprint density at radius 3 is 2.26 bits per heavy atom. The topological polar surface area (TPSA) is 55.8 Å². The Kier molecular flexibility index (Phi) is 6.03. The lowest BCUT2D eigenvalue weighted by Gasteiger charge is -2.10. The van der Waals surface area contributed by atoms with Crippen LogP contribution in [0.3, 0.4) is 0 Å². The molecule has 1 N–H and O–H groups in total. The number of carboxylic acid groups (broad SMARTS) is 1. The smallest absolute Gasteiger partial charge is 0.303 e. The van der Waals surface area contributed by atoms with Crippen LogP contribution >= 0.6 is 0 Å². The van der Waals surface area contributed by atoms with Gasteiger partial charge < -0.3 is 14.6 Å². The van der Waals surface area contributed by atoms with Gasteiger partial charge in [0.2, 0.25) is 0 Å². The first-order valence-corrected chi connectivity index (χ1v) is 7.67. The van der Waals surface area contributed by atoms with Crippen molar-refractivity contribution in [3.05, 3.63) is 59.2 Å². The number of hydrogen-bond donors (Lipinski definition) is 1. The van der Waals surface area contributed by atoms with Gasteiger partial charge in [-0.3, -0.25) is 4.79 Å². The van der Waals surface area contributed by atoms with Crippen LogP contribution in [0, 0.1) is 13.8 Å². The van der Waals surface area contributed by atoms with Gasteiger partial charge in [0.25, 0.3) is 0 Å². The van der Waals surface area contributed by atoms with E-state index in [2.05, 4.69) is 6.07 Å². The number of aliphatic carboxylic acids is 1. The summed E-state index contributed by atoms with van der Waals surface area (Å²) < 4.78 is 11.4. The lowest BCUT2D eigenvalue weighted by atomic mass is 10.1. The number of hydrogen-bond acceptors (Lipinski definition) is 3. The third kappa shape index (κ3) is 6.02. The molecule has 0 aliphatic heterocycles. The van der Waals surface area contributed by atoms with Gasteiger partial charge in [0.15, 0.2) is 0 Å². The van der Waals surface area contributed by atoms with E-state index < -0.39 is 5.97 Å². The fourth-order valence-corrected chi connectivity index (χ4v) is 2.38. The Hall–Kier alpha value is -2.49. The lowest BCUT2D eigenvalue weighted by molar-refractivity contribution is -0.136. The Labute approximate surface area is 136 Å². The molecule has 0 aliphatic carbocycles. The van der Waals surface area contributed by atoms with Gasteiger partial charge in [0.05, 0.1) is 0 Å². The predicted octanol–water partition coefficient (Wildman–Crippen LogP) is 3.78. The molecular weight excluding hydrogens is 292 g/mol. The number of ether oxygens (including phenoxy) is 2. The molecule has 0 fully saturated rings. The minimum atomic E-state index is -0.793. The van der Waals surface area contributed by atoms with Gasteiger partial charge in [0.1, 0.15) is 24.7 Å². The molecule has 122 valence electrons. The molecule has 0 saturated heterocycles. The van der Waals surface area contributed by atoms with E-state index in [0.29, 0.717) is 19.6 Å². The first-order chi connectivity index (χ1) is 11.0. The summed E-state index contributed by atoms with van der Waals surface area (Å²) in [6.07, 6.45) is 0.630. The number of aryl methyl sites for hydroxylation is 3. The van der Waals surface area contributed by atoms with Crippen LogP contribution in [0.25, 0.3) is 0 Å². The average Bonchev–Trinajstić information content (AvgIpc) is 2.49. The highest BCUT2D eigenvalue weighted by Gasteiger charge is 2.02. The van der Waals surface area contributed by atoms with Crippen LogP contribution in [0.15, 0.2) is 42.5 Å². The molecule has 4 heteroatoms. The fraction of sp³-hybridized carbons (Fsp3) is 0.316. The van der Waals surface area contributed by atoms with Crippen molar-refractivity contribution in [2.24, 2.45) is 0 Å². The summed E-state index contributed by atoms with van der Waals surface area (Å²) in [5, 5.41) is 8.72. The van der Waals surface area contributed by atoms with Crippen molar-refractivity contribution < 1.29 is 19.4 Å². The second-order valence-corrected chi connectivity index (χ2v) is 5.56. The summed E-state index contributed by atoms with van der Waals surface area (Å²) in [7, 11) is 0. The Morgan fingerprint density at radius 2 is 1.61 bits per heavy atom. The first-order valence-electron chi connectivity index (χ1n) is 7.67. The van der Waals surface area contributed by atoms with Crippen molar-refractivity contribution in [3.63, 3.8) is 0 Å². The van der Waals surface area contributed by atoms with Crippen molar-refractivity contribution in [1.29, 1.82) is 0 Å². The summed E-state index contributed by atoms with van der Waals surface area (Å²) in [4.78, 5) is 10.6. The molecule has 2 rings (SSSR count). The maximum atomic E-state index is 10.6. The summed E-state index contributed by atoms with van der Waals surface area (Å²) in [5.41, 5.74) is 3.30. The molecule has 4 nitrogen and oxygen atoms in total. The van der Waals surface area contributed by atoms with Gasteiger partial charge >= 0.3 is 5.97 Å². The van der Waals surface area contributed by atoms with Gasteiger partial charge in [-0.2, -0.15) is 0 Å². The largest absolute Gasteiger partial charge is 0.490 e. The number of carboxylic acids is 1. The molecule has 0 spiro atoms. The third-order valence-corrected chi connectivity index (χ3v) is 3.34. The number of carbonyl (C=O) groups is 1. The van der Waals surface area contributed by atoms with Crippen molar-refractivity contribution in [2.45, 2.75) is 26.7 Å². The van der Waals surface area contributed by atoms with E-state index in [1.165, 1.54) is 11.1 Å². The van der Waals surface area contributed by atoms with Crippen molar-refractivity contribution in [2.75, 3.05) is 13.2 Å². The quantitative estimate of drug-likeness (QED) is 0.753. The Morgan fingerprint density at radius 1 is 0.957 bits per heavy atom. The van der Waals surface area contributed by atoms with E-state index in [-0.39, 0.29) is 6.42 Å². The molecule has 0 aliphatic rings. The minimum Gasteiger partial charge on any atom is -0.490 e. The number of benzene rings is 2. The normalized spacial score (nSPS) is 10.3. The van der Waals surface area contributed by atoms with Crippen LogP contribution < -0.4 is 9.47 Å². The standard InChI is InChI=1S/C19H22O4/c1-14-10-15(2)12-18(11-14)23-9-8-22-17-5-3-4-16(13-17)6-7-19(20)21/h3-5,10-13H,6-9H2,1-2H3,(H,20,21). The molecule has 23 heavy (non-hydrogen) atoms. The third-order valence-electron chi connectivity index (χ3n) is 3.34. The molecule has 2 aromatic rings. The van der Waals surface area contributed by atoms with Crippen LogP contribution in [-0.4, -0.2) is 24.3 Å². The molecular formula is C19H22O4. The van der Waals surface area contributed by atoms with E-state index >= 15 is 0 Å². The van der Waals surface area contributed by atoms with E-state index in [4.69, 9.17) is 14.6 Å². The second kappa shape index (κ2) is 8.22. The maximum absolute atomic E-state index is 10.6. The summed E-state index contributed by atoms with van der Waals surface area (Å²) in [5.74, 6) is 0.788. The zero-order chi connectivity index (χ0) is 16.7. The Balaban J connectivity index is 1.79. The molecule has 0 radical (unpaired) electrons. The molecule has 0 amide bonds. The Bertz CT molecular complexity index is 644. The zero-order valence-electron chi connectivity index (χ0n) is 13.5. The van der Waals surface area contributed by atoms with E-state index in [9.17, 15) is 4.79 Å². The van der Waals surface area contributed by atoms with Crippen molar-refractivity contribution in [3.8, 4) is 11.5 Å². The average molecular weight is 314 g/mol. The van der Waals surface area contributed by atoms with Crippen molar-refractivity contribution >= 4 is 5.97 Å². The predicted molar refractivity (Wildman–Crippen MR) is 89.3 cm³/mol. The molecule has 0 saturated carbocycles. The minimum absolute atomic E-state index is 0.124. The maximum Gasteiger partial charge on any atom is 0.303 e. The SMILES string of the molecule is Cc1cc(C)cc(OCCOc2cccc(CCC(=O)O)c2)c1. The summed E-state index contributed by atoms with van der Waals surface area (Å²) in [6.45, 7) is 4.98. The van der Waals surface area contributed by atoms with Gasteiger partial charge in [0, 0.05) is 6.42 Å². The lowest BCUT2D eigenvalue weighted by Crippen LogP contribution is -2.09. The number of rotatable bonds is 8. The van der Waals surface area contributed by atoms with Crippen LogP contribution in [0.2, 0.25) is 0 Å². The molecule has 0 aromatic heterocycles. The van der Waals surface area contributed by atoms with Crippen LogP contribution in [0.5, 0.6) is 11.5 Å². The van der Waals surface area contributed by atoms with E-state index in [0.717, 1.165) is 17.1 Å². The van der Waals surface area contributed by atoms with E-state index in [1.54, 1.807) is 0 Å². The first kappa shape index (κ1) is 16.9. The molecule has 0 heterocycles. The zero-order valence-corrected chi connectivity index (χ0v) is 13.5. The van der Waals surface area contributed by atoms with Gasteiger partial charge in [-0.05, 0) is 61.2 Å². The van der Waals surface area contributed by atoms with E-state index in [1.807, 2.05) is 50.2 Å². The molecule has 0 unspecified atom stereocenters. The van der Waals surface area contributed by atoms with Gasteiger partial charge in [-0.1, -0.05) is 18.2 Å². The van der Waals surface area contributed by atoms with Gasteiger partial charge in [-0.25, -0.2) is 0 Å². The molecule has 0 bridgehead atoms. The highest BCUT2D eigenvalue weighted by Crippen LogP contribution is 2.17. The monoisotopic (exact) mass is 314 g/mol. The summed E-state index contributed by atoms with van der Waals surface area (Å²) in [6, 6.07) is 13.6.